The molecule has 0 saturated carbocycles. The largest absolute Gasteiger partial charge is 3.00 e. The Morgan fingerprint density at radius 3 is 1.52 bits per heavy atom. The minimum Gasteiger partial charge on any atom is -0.335 e. The van der Waals surface area contributed by atoms with E-state index >= 15 is 0 Å². The van der Waals surface area contributed by atoms with Crippen LogP contribution >= 0.6 is 0 Å². The van der Waals surface area contributed by atoms with Crippen molar-refractivity contribution in [2.75, 3.05) is 0 Å². The van der Waals surface area contributed by atoms with Gasteiger partial charge in [0, 0.05) is 16.6 Å². The van der Waals surface area contributed by atoms with Crippen LogP contribution in [-0.4, -0.2) is 21.6 Å². The summed E-state index contributed by atoms with van der Waals surface area (Å²) in [5.74, 6) is 10.5. The number of allylic oxidation sites excluding steroid dienone is 12. The van der Waals surface area contributed by atoms with Crippen LogP contribution in [0.15, 0.2) is 185 Å². The predicted octanol–water partition coefficient (Wildman–Crippen LogP) is 13.5. The molecule has 63 heavy (non-hydrogen) atoms. The first-order chi connectivity index (χ1) is 29.2. The molecule has 1 heterocycles. The van der Waals surface area contributed by atoms with Gasteiger partial charge in [-0.05, 0) is 67.4 Å². The monoisotopic (exact) mass is 1040 g/mol. The fourth-order valence-electron chi connectivity index (χ4n) is 6.30. The van der Waals surface area contributed by atoms with Crippen molar-refractivity contribution in [2.45, 2.75) is 40.0 Å². The predicted molar refractivity (Wildman–Crippen MR) is 244 cm³/mol. The topological polar surface area (TPSA) is 103 Å². The first kappa shape index (κ1) is 52.4. The van der Waals surface area contributed by atoms with Crippen LogP contribution < -0.4 is 11.7 Å². The minimum atomic E-state index is -5.27. The van der Waals surface area contributed by atoms with Crippen LogP contribution in [0.1, 0.15) is 38.8 Å². The molecule has 0 radical (unpaired) electrons. The maximum atomic E-state index is 14.0. The van der Waals surface area contributed by atoms with E-state index in [1.165, 1.54) is 0 Å². The van der Waals surface area contributed by atoms with Gasteiger partial charge < -0.3 is 11.7 Å². The molecule has 0 amide bonds. The van der Waals surface area contributed by atoms with Crippen molar-refractivity contribution in [3.63, 3.8) is 0 Å². The zero-order valence-corrected chi connectivity index (χ0v) is 37.7. The van der Waals surface area contributed by atoms with Crippen LogP contribution in [0.4, 0.5) is 26.3 Å². The summed E-state index contributed by atoms with van der Waals surface area (Å²) in [5.41, 5.74) is 2.99. The molecule has 0 saturated heterocycles. The summed E-state index contributed by atoms with van der Waals surface area (Å²) < 4.78 is 82.5. The van der Waals surface area contributed by atoms with Gasteiger partial charge in [0.05, 0.1) is 16.8 Å². The average molecular weight is 1040 g/mol. The van der Waals surface area contributed by atoms with Gasteiger partial charge >= 0.3 is 32.5 Å². The van der Waals surface area contributed by atoms with Gasteiger partial charge in [-0.3, -0.25) is 0 Å². The molecule has 0 bridgehead atoms. The summed E-state index contributed by atoms with van der Waals surface area (Å²) in [4.78, 5) is 0. The van der Waals surface area contributed by atoms with E-state index in [0.29, 0.717) is 50.7 Å². The molecule has 4 N–H and O–H groups in total. The summed E-state index contributed by atoms with van der Waals surface area (Å²) in [7, 11) is 0. The number of hydrazone groups is 2. The van der Waals surface area contributed by atoms with Crippen molar-refractivity contribution in [2.24, 2.45) is 21.9 Å². The van der Waals surface area contributed by atoms with Crippen LogP contribution in [0, 0.1) is 19.9 Å². The Labute approximate surface area is 378 Å². The number of hydrogen-bond donors (Lipinski definition) is 2. The van der Waals surface area contributed by atoms with Gasteiger partial charge in [-0.15, -0.1) is 35.9 Å². The number of halogens is 6. The SMILES string of the molecule is C=C/C=C(C)/C=C(C)/C(=N\N)C(=C)[CH2-].C=C/C=C(C)/C=C(C)/C(=N\N)C(=C)[CH2-].FC(F)(F)c1cccc(-c2nnc(-c3[c-]cccc3)c3cc4ccccc4cc23)c1C(F)(F)F.[Ir+3]. The van der Waals surface area contributed by atoms with Gasteiger partial charge in [-0.2, -0.15) is 74.7 Å². The number of nitrogens with two attached hydrogens (primary N) is 2. The van der Waals surface area contributed by atoms with Crippen LogP contribution in [0.3, 0.4) is 0 Å². The van der Waals surface area contributed by atoms with E-state index in [2.05, 4.69) is 66.6 Å². The third kappa shape index (κ3) is 14.2. The van der Waals surface area contributed by atoms with Crippen molar-refractivity contribution in [3.8, 4) is 22.5 Å². The summed E-state index contributed by atoms with van der Waals surface area (Å²) >= 11 is 0. The first-order valence-corrected chi connectivity index (χ1v) is 18.7. The molecule has 5 aromatic rings. The molecule has 0 aliphatic carbocycles. The quantitative estimate of drug-likeness (QED) is 0.0277. The van der Waals surface area contributed by atoms with E-state index in [1.54, 1.807) is 60.7 Å². The summed E-state index contributed by atoms with van der Waals surface area (Å²) in [5, 5.41) is 17.6. The molecule has 0 atom stereocenters. The second kappa shape index (κ2) is 23.5. The molecule has 0 fully saturated rings. The number of rotatable bonds is 10. The Morgan fingerprint density at radius 2 is 1.13 bits per heavy atom. The van der Waals surface area contributed by atoms with Crippen LogP contribution in [-0.2, 0) is 32.5 Å². The van der Waals surface area contributed by atoms with E-state index in [-0.39, 0.29) is 31.2 Å². The summed E-state index contributed by atoms with van der Waals surface area (Å²) in [6, 6.07) is 22.8. The van der Waals surface area contributed by atoms with Gasteiger partial charge in [0.25, 0.3) is 0 Å². The third-order valence-electron chi connectivity index (χ3n) is 8.84. The molecule has 6 nitrogen and oxygen atoms in total. The summed E-state index contributed by atoms with van der Waals surface area (Å²) in [6.07, 6.45) is 0.739. The Morgan fingerprint density at radius 1 is 0.667 bits per heavy atom. The summed E-state index contributed by atoms with van der Waals surface area (Å²) in [6.45, 7) is 29.8. The molecule has 0 aliphatic heterocycles. The number of aromatic nitrogens is 2. The Balaban J connectivity index is 0.000000393. The van der Waals surface area contributed by atoms with Crippen molar-refractivity contribution in [3.05, 3.63) is 206 Å². The first-order valence-electron chi connectivity index (χ1n) is 18.7. The third-order valence-corrected chi connectivity index (χ3v) is 8.84. The fraction of sp³-hybridized carbons (Fsp3) is 0.120. The van der Waals surface area contributed by atoms with Crippen molar-refractivity contribution in [1.29, 1.82) is 0 Å². The fourth-order valence-corrected chi connectivity index (χ4v) is 6.30. The van der Waals surface area contributed by atoms with Gasteiger partial charge in [-0.1, -0.05) is 114 Å². The Bertz CT molecular complexity index is 2580. The van der Waals surface area contributed by atoms with E-state index in [0.717, 1.165) is 39.8 Å². The van der Waals surface area contributed by atoms with Gasteiger partial charge in [0.2, 0.25) is 0 Å². The van der Waals surface area contributed by atoms with Gasteiger partial charge in [0.15, 0.2) is 0 Å². The van der Waals surface area contributed by atoms with Crippen LogP contribution in [0.5, 0.6) is 0 Å². The van der Waals surface area contributed by atoms with Gasteiger partial charge in [0.1, 0.15) is 0 Å². The normalized spacial score (nSPS) is 12.9. The van der Waals surface area contributed by atoms with Crippen LogP contribution in [0.2, 0.25) is 0 Å². The molecule has 13 heteroatoms. The average Bonchev–Trinajstić information content (AvgIpc) is 3.20. The standard InChI is InChI=1S/C26H13F6N2.2C12H17N2.Ir/c27-25(28,29)21-12-6-11-18(22(21)26(30,31)32)24-20-14-17-10-5-4-9-16(17)13-19(20)23(33-34-24)15-7-2-1-3-8-15;2*1-6-7-10(4)8-11(5)12(14-13)9(2)3;/h1-7,9-14H;2*6-8H,1-3,13H2,4-5H3;/q3*-1;+3/b;2*10-7+,11-8+,14-12-;. The van der Waals surface area contributed by atoms with E-state index in [4.69, 9.17) is 11.7 Å². The zero-order chi connectivity index (χ0) is 46.4. The molecule has 1 aromatic heterocycles. The number of alkyl halides is 6. The molecule has 0 aliphatic rings. The van der Waals surface area contributed by atoms with Gasteiger partial charge in [-0.25, -0.2) is 10.2 Å². The van der Waals surface area contributed by atoms with E-state index < -0.39 is 29.0 Å². The Kier molecular flexibility index (Phi) is 19.6. The molecule has 4 aromatic carbocycles. The second-order valence-corrected chi connectivity index (χ2v) is 13.8. The Hall–Kier alpha value is -6.69. The number of fused-ring (bicyclic) bond motifs is 2. The van der Waals surface area contributed by atoms with Crippen molar-refractivity contribution in [1.82, 2.24) is 10.2 Å². The smallest absolute Gasteiger partial charge is 0.335 e. The maximum Gasteiger partial charge on any atom is 3.00 e. The van der Waals surface area contributed by atoms with Crippen LogP contribution in [0.25, 0.3) is 44.1 Å². The number of nitrogens with zero attached hydrogens (tertiary/aromatic N) is 4. The second-order valence-electron chi connectivity index (χ2n) is 13.8. The molecule has 0 spiro atoms. The molecule has 0 unspecified atom stereocenters. The molecular weight excluding hydrogens is 991 g/mol. The van der Waals surface area contributed by atoms with Crippen molar-refractivity contribution < 1.29 is 46.4 Å². The number of benzene rings is 4. The maximum absolute atomic E-state index is 14.0. The molecule has 5 rings (SSSR count). The van der Waals surface area contributed by atoms with E-state index in [1.807, 2.05) is 64.1 Å². The van der Waals surface area contributed by atoms with E-state index in [9.17, 15) is 26.3 Å². The van der Waals surface area contributed by atoms with Crippen molar-refractivity contribution >= 4 is 33.0 Å². The minimum absolute atomic E-state index is 0. The molecule has 328 valence electrons. The zero-order valence-electron chi connectivity index (χ0n) is 35.3. The molecular formula is C50H47F6IrN6. The number of hydrogen-bond acceptors (Lipinski definition) is 6.